The van der Waals surface area contributed by atoms with Crippen LogP contribution in [-0.4, -0.2) is 0 Å². The van der Waals surface area contributed by atoms with Crippen molar-refractivity contribution in [3.8, 4) is 33.4 Å². The number of hydrogen-bond acceptors (Lipinski definition) is 0. The molecule has 0 aliphatic rings. The van der Waals surface area contributed by atoms with E-state index in [-0.39, 0.29) is 0 Å². The molecule has 7 aromatic carbocycles. The quantitative estimate of drug-likeness (QED) is 0.152. The molecule has 0 atom stereocenters. The highest BCUT2D eigenvalue weighted by atomic mass is 14.2. The highest BCUT2D eigenvalue weighted by molar-refractivity contribution is 6.21. The number of hydrogen-bond donors (Lipinski definition) is 0. The van der Waals surface area contributed by atoms with Crippen LogP contribution in [0.3, 0.4) is 0 Å². The molecule has 0 aliphatic heterocycles. The van der Waals surface area contributed by atoms with Gasteiger partial charge in [-0.25, -0.2) is 0 Å². The van der Waals surface area contributed by atoms with E-state index in [0.29, 0.717) is 0 Å². The molecule has 0 amide bonds. The molecule has 0 aromatic heterocycles. The van der Waals surface area contributed by atoms with Crippen LogP contribution >= 0.6 is 0 Å². The zero-order valence-corrected chi connectivity index (χ0v) is 24.1. The van der Waals surface area contributed by atoms with Crippen LogP contribution < -0.4 is 0 Å². The second-order valence-electron chi connectivity index (χ2n) is 11.0. The van der Waals surface area contributed by atoms with Gasteiger partial charge in [0, 0.05) is 0 Å². The summed E-state index contributed by atoms with van der Waals surface area (Å²) < 4.78 is 0. The van der Waals surface area contributed by atoms with E-state index >= 15 is 0 Å². The lowest BCUT2D eigenvalue weighted by Crippen LogP contribution is -1.91. The Hall–Kier alpha value is -5.20. The Labute approximate surface area is 247 Å². The molecule has 0 heterocycles. The summed E-state index contributed by atoms with van der Waals surface area (Å²) in [6.45, 7) is 8.22. The minimum Gasteiger partial charge on any atom is -0.0985 e. The molecule has 42 heavy (non-hydrogen) atoms. The van der Waals surface area contributed by atoms with Crippen LogP contribution in [0.2, 0.25) is 0 Å². The maximum absolute atomic E-state index is 3.99. The van der Waals surface area contributed by atoms with Gasteiger partial charge in [0.25, 0.3) is 0 Å². The van der Waals surface area contributed by atoms with Gasteiger partial charge in [-0.15, -0.1) is 0 Å². The van der Waals surface area contributed by atoms with E-state index in [1.165, 1.54) is 76.8 Å². The largest absolute Gasteiger partial charge is 0.0985 e. The van der Waals surface area contributed by atoms with Crippen LogP contribution in [0.25, 0.3) is 71.3 Å². The van der Waals surface area contributed by atoms with E-state index in [9.17, 15) is 0 Å². The normalized spacial score (nSPS) is 11.8. The standard InChI is InChI=1S/C42H32/c1-4-29(5-2)31-13-11-14-32(25-31)33-22-20-30-21-23-35(27-36(30)26-33)42-39-18-8-6-16-37(39)41(34-15-10-12-28(3)24-34)38-17-7-9-19-40(38)42/h4-27H,1H2,2-3H3/b29-5+. The molecule has 200 valence electrons. The molecule has 7 rings (SSSR count). The topological polar surface area (TPSA) is 0 Å². The fourth-order valence-corrected chi connectivity index (χ4v) is 6.41. The van der Waals surface area contributed by atoms with Gasteiger partial charge in [0.15, 0.2) is 0 Å². The monoisotopic (exact) mass is 536 g/mol. The van der Waals surface area contributed by atoms with Crippen molar-refractivity contribution in [3.63, 3.8) is 0 Å². The second-order valence-corrected chi connectivity index (χ2v) is 11.0. The summed E-state index contributed by atoms with van der Waals surface area (Å²) >= 11 is 0. The molecule has 0 fully saturated rings. The summed E-state index contributed by atoms with van der Waals surface area (Å²) in [7, 11) is 0. The third kappa shape index (κ3) is 4.42. The van der Waals surface area contributed by atoms with Gasteiger partial charge in [-0.2, -0.15) is 0 Å². The molecule has 0 aliphatic carbocycles. The molecule has 0 saturated carbocycles. The van der Waals surface area contributed by atoms with Gasteiger partial charge < -0.3 is 0 Å². The number of aryl methyl sites for hydroxylation is 1. The summed E-state index contributed by atoms with van der Waals surface area (Å²) in [4.78, 5) is 0. The van der Waals surface area contributed by atoms with Crippen molar-refractivity contribution >= 4 is 37.9 Å². The summed E-state index contributed by atoms with van der Waals surface area (Å²) in [5.41, 5.74) is 11.1. The Morgan fingerprint density at radius 1 is 0.500 bits per heavy atom. The number of benzene rings is 7. The van der Waals surface area contributed by atoms with E-state index in [1.54, 1.807) is 0 Å². The van der Waals surface area contributed by atoms with Crippen molar-refractivity contribution in [1.29, 1.82) is 0 Å². The van der Waals surface area contributed by atoms with Crippen LogP contribution in [0.1, 0.15) is 18.1 Å². The third-order valence-corrected chi connectivity index (χ3v) is 8.43. The summed E-state index contributed by atoms with van der Waals surface area (Å²) in [6.07, 6.45) is 4.03. The first kappa shape index (κ1) is 25.7. The summed E-state index contributed by atoms with van der Waals surface area (Å²) in [5.74, 6) is 0. The molecule has 0 unspecified atom stereocenters. The Morgan fingerprint density at radius 2 is 1.02 bits per heavy atom. The first-order chi connectivity index (χ1) is 20.6. The van der Waals surface area contributed by atoms with Crippen LogP contribution in [0, 0.1) is 6.92 Å². The zero-order chi connectivity index (χ0) is 28.6. The van der Waals surface area contributed by atoms with Gasteiger partial charge in [-0.1, -0.05) is 140 Å². The Kier molecular flexibility index (Phi) is 6.53. The van der Waals surface area contributed by atoms with Crippen molar-refractivity contribution < 1.29 is 0 Å². The van der Waals surface area contributed by atoms with Crippen LogP contribution in [0.15, 0.2) is 152 Å². The minimum absolute atomic E-state index is 1.15. The van der Waals surface area contributed by atoms with Gasteiger partial charge >= 0.3 is 0 Å². The highest BCUT2D eigenvalue weighted by Crippen LogP contribution is 2.44. The average Bonchev–Trinajstić information content (AvgIpc) is 3.04. The van der Waals surface area contributed by atoms with Crippen molar-refractivity contribution in [2.24, 2.45) is 0 Å². The summed E-state index contributed by atoms with van der Waals surface area (Å²) in [5, 5.41) is 7.59. The van der Waals surface area contributed by atoms with Gasteiger partial charge in [0.05, 0.1) is 0 Å². The lowest BCUT2D eigenvalue weighted by Gasteiger charge is -2.18. The number of rotatable bonds is 5. The molecular formula is C42H32. The first-order valence-corrected chi connectivity index (χ1v) is 14.6. The number of allylic oxidation sites excluding steroid dienone is 3. The molecule has 0 radical (unpaired) electrons. The van der Waals surface area contributed by atoms with Gasteiger partial charge in [0.2, 0.25) is 0 Å². The minimum atomic E-state index is 1.15. The second kappa shape index (κ2) is 10.7. The first-order valence-electron chi connectivity index (χ1n) is 14.6. The van der Waals surface area contributed by atoms with Crippen molar-refractivity contribution in [1.82, 2.24) is 0 Å². The van der Waals surface area contributed by atoms with Crippen LogP contribution in [0.4, 0.5) is 0 Å². The van der Waals surface area contributed by atoms with Crippen molar-refractivity contribution in [2.45, 2.75) is 13.8 Å². The van der Waals surface area contributed by atoms with Gasteiger partial charge in [0.1, 0.15) is 0 Å². The SMILES string of the molecule is C=C/C(=C\C)c1cccc(-c2ccc3ccc(-c4c5ccccc5c(-c5cccc(C)c5)c5ccccc45)cc3c2)c1. The maximum atomic E-state index is 3.99. The highest BCUT2D eigenvalue weighted by Gasteiger charge is 2.17. The van der Waals surface area contributed by atoms with Gasteiger partial charge in [-0.3, -0.25) is 0 Å². The number of fused-ring (bicyclic) bond motifs is 3. The lowest BCUT2D eigenvalue weighted by atomic mass is 9.85. The molecule has 0 saturated heterocycles. The fraction of sp³-hybridized carbons (Fsp3) is 0.0476. The molecule has 0 heteroatoms. The predicted octanol–water partition coefficient (Wildman–Crippen LogP) is 12.0. The van der Waals surface area contributed by atoms with Crippen LogP contribution in [0.5, 0.6) is 0 Å². The summed E-state index contributed by atoms with van der Waals surface area (Å²) in [6, 6.07) is 49.0. The average molecular weight is 537 g/mol. The van der Waals surface area contributed by atoms with E-state index in [0.717, 1.165) is 5.57 Å². The van der Waals surface area contributed by atoms with E-state index in [2.05, 4.69) is 160 Å². The van der Waals surface area contributed by atoms with Crippen molar-refractivity contribution in [3.05, 3.63) is 163 Å². The lowest BCUT2D eigenvalue weighted by molar-refractivity contribution is 1.47. The van der Waals surface area contributed by atoms with Gasteiger partial charge in [-0.05, 0) is 109 Å². The maximum Gasteiger partial charge on any atom is -0.00262 e. The third-order valence-electron chi connectivity index (χ3n) is 8.43. The fourth-order valence-electron chi connectivity index (χ4n) is 6.41. The molecular weight excluding hydrogens is 504 g/mol. The molecule has 0 nitrogen and oxygen atoms in total. The van der Waals surface area contributed by atoms with E-state index in [1.807, 2.05) is 6.08 Å². The van der Waals surface area contributed by atoms with Crippen molar-refractivity contribution in [2.75, 3.05) is 0 Å². The van der Waals surface area contributed by atoms with Crippen LogP contribution in [-0.2, 0) is 0 Å². The van der Waals surface area contributed by atoms with E-state index in [4.69, 9.17) is 0 Å². The van der Waals surface area contributed by atoms with E-state index < -0.39 is 0 Å². The Balaban J connectivity index is 1.45. The molecule has 0 N–H and O–H groups in total. The molecule has 7 aromatic rings. The predicted molar refractivity (Wildman–Crippen MR) is 184 cm³/mol. The Bertz CT molecular complexity index is 2120. The molecule has 0 spiro atoms. The Morgan fingerprint density at radius 3 is 1.62 bits per heavy atom. The smallest absolute Gasteiger partial charge is 0.00262 e. The molecule has 0 bridgehead atoms. The zero-order valence-electron chi connectivity index (χ0n) is 24.1.